The second kappa shape index (κ2) is 9.82. The number of hydrogen-bond donors (Lipinski definition) is 2. The van der Waals surface area contributed by atoms with Gasteiger partial charge in [0.05, 0.1) is 6.10 Å². The van der Waals surface area contributed by atoms with E-state index >= 15 is 0 Å². The molecule has 1 fully saturated rings. The van der Waals surface area contributed by atoms with Crippen molar-refractivity contribution in [2.75, 3.05) is 13.7 Å². The molecule has 1 aliphatic rings. The summed E-state index contributed by atoms with van der Waals surface area (Å²) in [7, 11) is 1.58. The zero-order valence-corrected chi connectivity index (χ0v) is 14.5. The lowest BCUT2D eigenvalue weighted by Crippen LogP contribution is -2.53. The third kappa shape index (κ3) is 6.34. The van der Waals surface area contributed by atoms with E-state index in [2.05, 4.69) is 10.6 Å². The Labute approximate surface area is 134 Å². The molecule has 0 radical (unpaired) electrons. The zero-order chi connectivity index (χ0) is 16.5. The third-order valence-corrected chi connectivity index (χ3v) is 4.45. The van der Waals surface area contributed by atoms with Gasteiger partial charge in [0.1, 0.15) is 6.04 Å². The number of likely N-dealkylation sites (N-methyl/N-ethyl adjacent to an activating group) is 1. The summed E-state index contributed by atoms with van der Waals surface area (Å²) >= 11 is 0. The quantitative estimate of drug-likeness (QED) is 0.722. The fourth-order valence-corrected chi connectivity index (χ4v) is 2.86. The number of nitrogens with one attached hydrogen (secondary N) is 2. The van der Waals surface area contributed by atoms with Crippen LogP contribution in [0.1, 0.15) is 59.3 Å². The maximum Gasteiger partial charge on any atom is 0.245 e. The van der Waals surface area contributed by atoms with E-state index < -0.39 is 6.04 Å². The summed E-state index contributed by atoms with van der Waals surface area (Å²) in [5.41, 5.74) is 0. The Bertz CT molecular complexity index is 352. The molecule has 5 heteroatoms. The highest BCUT2D eigenvalue weighted by Gasteiger charge is 2.27. The third-order valence-electron chi connectivity index (χ3n) is 4.45. The van der Waals surface area contributed by atoms with E-state index in [4.69, 9.17) is 4.74 Å². The van der Waals surface area contributed by atoms with E-state index in [1.165, 1.54) is 32.1 Å². The first-order valence-electron chi connectivity index (χ1n) is 8.59. The van der Waals surface area contributed by atoms with Crippen LogP contribution in [0, 0.1) is 11.8 Å². The molecule has 5 nitrogen and oxygen atoms in total. The second-order valence-corrected chi connectivity index (χ2v) is 6.62. The van der Waals surface area contributed by atoms with E-state index in [1.54, 1.807) is 7.05 Å². The molecular formula is C17H32N2O3. The van der Waals surface area contributed by atoms with Crippen molar-refractivity contribution in [2.24, 2.45) is 11.8 Å². The Morgan fingerprint density at radius 3 is 2.27 bits per heavy atom. The molecule has 0 saturated heterocycles. The lowest BCUT2D eigenvalue weighted by Gasteiger charge is -2.26. The van der Waals surface area contributed by atoms with Crippen LogP contribution in [0.25, 0.3) is 0 Å². The first kappa shape index (κ1) is 18.9. The van der Waals surface area contributed by atoms with Crippen molar-refractivity contribution in [3.05, 3.63) is 0 Å². The molecule has 0 aromatic heterocycles. The molecule has 0 heterocycles. The predicted molar refractivity (Wildman–Crippen MR) is 87.4 cm³/mol. The lowest BCUT2D eigenvalue weighted by atomic mass is 9.87. The van der Waals surface area contributed by atoms with Crippen LogP contribution >= 0.6 is 0 Å². The molecule has 1 saturated carbocycles. The van der Waals surface area contributed by atoms with Crippen molar-refractivity contribution in [3.63, 3.8) is 0 Å². The standard InChI is InChI=1S/C17H32N2O3/c1-12(2)16(20)19-15(17(21)18-4)13(3)22-11-10-14-8-6-5-7-9-14/h12-15H,5-11H2,1-4H3,(H,18,21)(H,19,20). The van der Waals surface area contributed by atoms with Crippen LogP contribution in [0.5, 0.6) is 0 Å². The molecule has 0 aromatic rings. The Morgan fingerprint density at radius 1 is 1.09 bits per heavy atom. The van der Waals surface area contributed by atoms with Gasteiger partial charge in [-0.3, -0.25) is 9.59 Å². The Balaban J connectivity index is 2.43. The van der Waals surface area contributed by atoms with E-state index in [-0.39, 0.29) is 23.8 Å². The SMILES string of the molecule is CNC(=O)C(NC(=O)C(C)C)C(C)OCCC1CCCCC1. The molecule has 0 aliphatic heterocycles. The Kier molecular flexibility index (Phi) is 8.46. The van der Waals surface area contributed by atoms with Crippen LogP contribution in [0.4, 0.5) is 0 Å². The van der Waals surface area contributed by atoms with Gasteiger partial charge in [0.25, 0.3) is 0 Å². The van der Waals surface area contributed by atoms with Crippen molar-refractivity contribution in [1.82, 2.24) is 10.6 Å². The molecule has 0 bridgehead atoms. The summed E-state index contributed by atoms with van der Waals surface area (Å²) in [6.45, 7) is 6.12. The summed E-state index contributed by atoms with van der Waals surface area (Å²) in [6.07, 6.45) is 7.31. The lowest BCUT2D eigenvalue weighted by molar-refractivity contribution is -0.134. The molecule has 0 spiro atoms. The molecule has 2 amide bonds. The van der Waals surface area contributed by atoms with E-state index in [9.17, 15) is 9.59 Å². The van der Waals surface area contributed by atoms with E-state index in [1.807, 2.05) is 20.8 Å². The highest BCUT2D eigenvalue weighted by Crippen LogP contribution is 2.26. The number of amides is 2. The average molecular weight is 312 g/mol. The molecule has 128 valence electrons. The molecule has 0 aromatic carbocycles. The summed E-state index contributed by atoms with van der Waals surface area (Å²) in [5, 5.41) is 5.38. The van der Waals surface area contributed by atoms with Gasteiger partial charge in [-0.25, -0.2) is 0 Å². The minimum absolute atomic E-state index is 0.128. The zero-order valence-electron chi connectivity index (χ0n) is 14.5. The smallest absolute Gasteiger partial charge is 0.245 e. The topological polar surface area (TPSA) is 67.4 Å². The van der Waals surface area contributed by atoms with Gasteiger partial charge in [0, 0.05) is 19.6 Å². The largest absolute Gasteiger partial charge is 0.376 e. The average Bonchev–Trinajstić information content (AvgIpc) is 2.52. The normalized spacial score (nSPS) is 18.8. The van der Waals surface area contributed by atoms with Gasteiger partial charge in [-0.1, -0.05) is 46.0 Å². The van der Waals surface area contributed by atoms with Crippen molar-refractivity contribution in [2.45, 2.75) is 71.4 Å². The van der Waals surface area contributed by atoms with Crippen LogP contribution in [0.3, 0.4) is 0 Å². The highest BCUT2D eigenvalue weighted by molar-refractivity contribution is 5.88. The summed E-state index contributed by atoms with van der Waals surface area (Å²) in [5.74, 6) is 0.266. The summed E-state index contributed by atoms with van der Waals surface area (Å²) < 4.78 is 5.83. The van der Waals surface area contributed by atoms with Crippen molar-refractivity contribution in [3.8, 4) is 0 Å². The van der Waals surface area contributed by atoms with Crippen LogP contribution < -0.4 is 10.6 Å². The molecule has 1 aliphatic carbocycles. The second-order valence-electron chi connectivity index (χ2n) is 6.62. The fraction of sp³-hybridized carbons (Fsp3) is 0.882. The first-order chi connectivity index (χ1) is 10.5. The van der Waals surface area contributed by atoms with Gasteiger partial charge in [0.15, 0.2) is 0 Å². The fourth-order valence-electron chi connectivity index (χ4n) is 2.86. The molecule has 2 N–H and O–H groups in total. The van der Waals surface area contributed by atoms with E-state index in [0.717, 1.165) is 12.3 Å². The number of ether oxygens (including phenoxy) is 1. The first-order valence-corrected chi connectivity index (χ1v) is 8.59. The van der Waals surface area contributed by atoms with Crippen LogP contribution in [0.2, 0.25) is 0 Å². The van der Waals surface area contributed by atoms with Crippen molar-refractivity contribution in [1.29, 1.82) is 0 Å². The van der Waals surface area contributed by atoms with Gasteiger partial charge in [-0.15, -0.1) is 0 Å². The van der Waals surface area contributed by atoms with Gasteiger partial charge < -0.3 is 15.4 Å². The minimum atomic E-state index is -0.633. The van der Waals surface area contributed by atoms with Gasteiger partial charge in [0.2, 0.25) is 11.8 Å². The maximum atomic E-state index is 12.0. The van der Waals surface area contributed by atoms with Gasteiger partial charge in [-0.2, -0.15) is 0 Å². The van der Waals surface area contributed by atoms with Crippen LogP contribution in [0.15, 0.2) is 0 Å². The number of carbonyl (C=O) groups is 2. The van der Waals surface area contributed by atoms with E-state index in [0.29, 0.717) is 6.61 Å². The number of carbonyl (C=O) groups excluding carboxylic acids is 2. The van der Waals surface area contributed by atoms with Gasteiger partial charge >= 0.3 is 0 Å². The van der Waals surface area contributed by atoms with Crippen LogP contribution in [-0.2, 0) is 14.3 Å². The molecule has 1 rings (SSSR count). The van der Waals surface area contributed by atoms with Crippen molar-refractivity contribution < 1.29 is 14.3 Å². The van der Waals surface area contributed by atoms with Gasteiger partial charge in [-0.05, 0) is 19.3 Å². The molecule has 2 unspecified atom stereocenters. The number of rotatable bonds is 8. The molecule has 22 heavy (non-hydrogen) atoms. The highest BCUT2D eigenvalue weighted by atomic mass is 16.5. The monoisotopic (exact) mass is 312 g/mol. The van der Waals surface area contributed by atoms with Crippen molar-refractivity contribution >= 4 is 11.8 Å². The summed E-state index contributed by atoms with van der Waals surface area (Å²) in [6, 6.07) is -0.633. The minimum Gasteiger partial charge on any atom is -0.376 e. The Hall–Kier alpha value is -1.10. The molecular weight excluding hydrogens is 280 g/mol. The summed E-state index contributed by atoms with van der Waals surface area (Å²) in [4.78, 5) is 23.8. The van der Waals surface area contributed by atoms with Crippen LogP contribution in [-0.4, -0.2) is 37.6 Å². The number of hydrogen-bond acceptors (Lipinski definition) is 3. The molecule has 2 atom stereocenters. The predicted octanol–water partition coefficient (Wildman–Crippen LogP) is 2.25. The Morgan fingerprint density at radius 2 is 1.73 bits per heavy atom. The maximum absolute atomic E-state index is 12.0.